The minimum Gasteiger partial charge on any atom is -0.356 e. The molecule has 0 bridgehead atoms. The summed E-state index contributed by atoms with van der Waals surface area (Å²) in [6.07, 6.45) is 7.48. The number of nitrogens with zero attached hydrogens (tertiary/aromatic N) is 4. The van der Waals surface area contributed by atoms with E-state index in [4.69, 9.17) is 16.5 Å². The van der Waals surface area contributed by atoms with Crippen molar-refractivity contribution in [3.05, 3.63) is 40.3 Å². The topological polar surface area (TPSA) is 50.5 Å². The zero-order valence-electron chi connectivity index (χ0n) is 15.9. The van der Waals surface area contributed by atoms with Crippen LogP contribution in [0, 0.1) is 25.3 Å². The number of rotatable bonds is 1. The van der Waals surface area contributed by atoms with Crippen molar-refractivity contribution in [3.63, 3.8) is 0 Å². The molecule has 26 heavy (non-hydrogen) atoms. The largest absolute Gasteiger partial charge is 0.356 e. The third-order valence-corrected chi connectivity index (χ3v) is 6.57. The first-order valence-electron chi connectivity index (χ1n) is 9.73. The number of allylic oxidation sites excluding steroid dienone is 2. The molecule has 5 heteroatoms. The first-order chi connectivity index (χ1) is 12.5. The van der Waals surface area contributed by atoms with E-state index < -0.39 is 0 Å². The summed E-state index contributed by atoms with van der Waals surface area (Å²) >= 11 is 0. The van der Waals surface area contributed by atoms with Crippen molar-refractivity contribution in [3.8, 4) is 0 Å². The van der Waals surface area contributed by atoms with Gasteiger partial charge in [-0.25, -0.2) is 14.8 Å². The van der Waals surface area contributed by atoms with Crippen LogP contribution in [0.25, 0.3) is 4.85 Å². The summed E-state index contributed by atoms with van der Waals surface area (Å²) in [5.41, 5.74) is 2.19. The fraction of sp³-hybridized carbons (Fsp3) is 0.619. The lowest BCUT2D eigenvalue weighted by molar-refractivity contribution is -0.121. The molecule has 136 valence electrons. The fourth-order valence-corrected chi connectivity index (χ4v) is 5.20. The molecule has 1 aliphatic heterocycles. The summed E-state index contributed by atoms with van der Waals surface area (Å²) in [5.74, 6) is 1.95. The second kappa shape index (κ2) is 6.19. The zero-order valence-corrected chi connectivity index (χ0v) is 15.9. The Kier molecular flexibility index (Phi) is 4.10. The fourth-order valence-electron chi connectivity index (χ4n) is 5.20. The van der Waals surface area contributed by atoms with E-state index in [9.17, 15) is 4.79 Å². The summed E-state index contributed by atoms with van der Waals surface area (Å²) in [6, 6.07) is 0. The molecule has 0 spiro atoms. The molecule has 5 nitrogen and oxygen atoms in total. The number of aromatic nitrogens is 2. The number of fused-ring (bicyclic) bond motifs is 3. The number of Topliss-reactive ketones (excluding diaryl/α,β-unsaturated/α-hetero) is 1. The molecule has 1 saturated heterocycles. The van der Waals surface area contributed by atoms with E-state index in [0.29, 0.717) is 0 Å². The quantitative estimate of drug-likeness (QED) is 0.726. The standard InChI is InChI=1S/C21H26N4O/c1-13-16-9-8-15-19(21(16,3)12-17(22-4)18(13)26)23-14(2)24-20(15)25-10-6-5-7-11-25/h12-13,16H,5-11H2,1-3H3/t13-,16-,21-/m0/s1. The van der Waals surface area contributed by atoms with Crippen molar-refractivity contribution in [2.75, 3.05) is 18.0 Å². The van der Waals surface area contributed by atoms with Gasteiger partial charge < -0.3 is 9.69 Å². The highest BCUT2D eigenvalue weighted by atomic mass is 16.1. The van der Waals surface area contributed by atoms with Crippen LogP contribution in [0.4, 0.5) is 5.82 Å². The van der Waals surface area contributed by atoms with Gasteiger partial charge in [0.15, 0.2) is 5.78 Å². The zero-order chi connectivity index (χ0) is 18.5. The molecule has 1 fully saturated rings. The summed E-state index contributed by atoms with van der Waals surface area (Å²) in [4.78, 5) is 28.1. The van der Waals surface area contributed by atoms with Gasteiger partial charge >= 0.3 is 0 Å². The van der Waals surface area contributed by atoms with Crippen LogP contribution >= 0.6 is 0 Å². The van der Waals surface area contributed by atoms with E-state index in [1.165, 1.54) is 24.8 Å². The van der Waals surface area contributed by atoms with E-state index in [0.717, 1.165) is 43.3 Å². The number of piperidine rings is 1. The van der Waals surface area contributed by atoms with Gasteiger partial charge in [-0.2, -0.15) is 0 Å². The lowest BCUT2D eigenvalue weighted by Gasteiger charge is -2.46. The van der Waals surface area contributed by atoms with Gasteiger partial charge in [0, 0.05) is 30.0 Å². The van der Waals surface area contributed by atoms with Gasteiger partial charge in [0.25, 0.3) is 0 Å². The molecule has 0 aromatic carbocycles. The number of anilines is 1. The van der Waals surface area contributed by atoms with E-state index in [1.54, 1.807) is 0 Å². The molecule has 0 radical (unpaired) electrons. The lowest BCUT2D eigenvalue weighted by atomic mass is 9.58. The number of carbonyl (C=O) groups is 1. The molecule has 1 aromatic heterocycles. The minimum absolute atomic E-state index is 0.00652. The maximum Gasteiger partial charge on any atom is 0.226 e. The van der Waals surface area contributed by atoms with E-state index >= 15 is 0 Å². The Morgan fingerprint density at radius 1 is 1.27 bits per heavy atom. The Hall–Kier alpha value is -2.22. The van der Waals surface area contributed by atoms with Crippen molar-refractivity contribution in [1.82, 2.24) is 9.97 Å². The van der Waals surface area contributed by atoms with Crippen LogP contribution < -0.4 is 4.90 Å². The summed E-state index contributed by atoms with van der Waals surface area (Å²) < 4.78 is 0. The van der Waals surface area contributed by atoms with E-state index in [-0.39, 0.29) is 28.7 Å². The summed E-state index contributed by atoms with van der Waals surface area (Å²) in [6.45, 7) is 15.6. The predicted molar refractivity (Wildman–Crippen MR) is 101 cm³/mol. The summed E-state index contributed by atoms with van der Waals surface area (Å²) in [7, 11) is 0. The molecule has 0 N–H and O–H groups in total. The molecule has 2 heterocycles. The van der Waals surface area contributed by atoms with Crippen LogP contribution in [0.3, 0.4) is 0 Å². The van der Waals surface area contributed by atoms with Gasteiger partial charge in [-0.15, -0.1) is 0 Å². The van der Waals surface area contributed by atoms with Crippen molar-refractivity contribution in [2.24, 2.45) is 11.8 Å². The molecule has 1 aromatic rings. The van der Waals surface area contributed by atoms with Crippen molar-refractivity contribution in [1.29, 1.82) is 0 Å². The third-order valence-electron chi connectivity index (χ3n) is 6.57. The van der Waals surface area contributed by atoms with Crippen LogP contribution in [-0.2, 0) is 16.6 Å². The maximum atomic E-state index is 12.5. The Labute approximate surface area is 155 Å². The first kappa shape index (κ1) is 17.2. The van der Waals surface area contributed by atoms with Gasteiger partial charge in [-0.3, -0.25) is 0 Å². The average molecular weight is 350 g/mol. The molecule has 2 aliphatic carbocycles. The Morgan fingerprint density at radius 3 is 2.69 bits per heavy atom. The second-order valence-corrected chi connectivity index (χ2v) is 8.19. The van der Waals surface area contributed by atoms with Crippen LogP contribution in [0.15, 0.2) is 11.8 Å². The van der Waals surface area contributed by atoms with Gasteiger partial charge in [0.1, 0.15) is 11.6 Å². The van der Waals surface area contributed by atoms with E-state index in [2.05, 4.69) is 16.7 Å². The molecule has 4 rings (SSSR count). The van der Waals surface area contributed by atoms with Crippen molar-refractivity contribution in [2.45, 2.75) is 58.3 Å². The SMILES string of the molecule is [C-]#[N+]C1=C[C@]2(C)c3nc(C)nc(N4CCCCC4)c3CC[C@H]2[C@H](C)C1=O. The molecular weight excluding hydrogens is 324 g/mol. The van der Waals surface area contributed by atoms with Crippen LogP contribution in [-0.4, -0.2) is 28.8 Å². The molecular formula is C21H26N4O. The maximum absolute atomic E-state index is 12.5. The van der Waals surface area contributed by atoms with Crippen molar-refractivity contribution < 1.29 is 4.79 Å². The van der Waals surface area contributed by atoms with Crippen molar-refractivity contribution >= 4 is 11.6 Å². The van der Waals surface area contributed by atoms with Gasteiger partial charge in [0.2, 0.25) is 5.70 Å². The number of hydrogen-bond donors (Lipinski definition) is 0. The number of carbonyl (C=O) groups excluding carboxylic acids is 1. The lowest BCUT2D eigenvalue weighted by Crippen LogP contribution is -2.46. The van der Waals surface area contributed by atoms with Crippen LogP contribution in [0.1, 0.15) is 56.6 Å². The Balaban J connectivity index is 1.89. The molecule has 3 aliphatic rings. The Bertz CT molecular complexity index is 831. The minimum atomic E-state index is -0.362. The highest BCUT2D eigenvalue weighted by Gasteiger charge is 2.49. The van der Waals surface area contributed by atoms with Gasteiger partial charge in [-0.05, 0) is 44.9 Å². The normalized spacial score (nSPS) is 30.9. The molecule has 0 saturated carbocycles. The average Bonchev–Trinajstić information content (AvgIpc) is 2.65. The highest BCUT2D eigenvalue weighted by Crippen LogP contribution is 2.50. The third kappa shape index (κ3) is 2.46. The van der Waals surface area contributed by atoms with Crippen LogP contribution in [0.2, 0.25) is 0 Å². The highest BCUT2D eigenvalue weighted by molar-refractivity contribution is 6.00. The monoisotopic (exact) mass is 350 g/mol. The predicted octanol–water partition coefficient (Wildman–Crippen LogP) is 3.62. The second-order valence-electron chi connectivity index (χ2n) is 8.19. The molecule has 0 unspecified atom stereocenters. The van der Waals surface area contributed by atoms with Gasteiger partial charge in [-0.1, -0.05) is 19.9 Å². The number of aryl methyl sites for hydroxylation is 1. The van der Waals surface area contributed by atoms with Gasteiger partial charge in [0.05, 0.1) is 12.3 Å². The molecule has 3 atom stereocenters. The smallest absolute Gasteiger partial charge is 0.226 e. The molecule has 0 amide bonds. The van der Waals surface area contributed by atoms with Crippen LogP contribution in [0.5, 0.6) is 0 Å². The first-order valence-corrected chi connectivity index (χ1v) is 9.73. The number of ketones is 1. The van der Waals surface area contributed by atoms with E-state index in [1.807, 2.05) is 19.9 Å². The summed E-state index contributed by atoms with van der Waals surface area (Å²) in [5, 5.41) is 0. The number of hydrogen-bond acceptors (Lipinski definition) is 4. The Morgan fingerprint density at radius 2 is 2.00 bits per heavy atom.